The predicted molar refractivity (Wildman–Crippen MR) is 87.6 cm³/mol. The number of carbonyl (C=O) groups excluding carboxylic acids is 1. The van der Waals surface area contributed by atoms with Gasteiger partial charge >= 0.3 is 0 Å². The van der Waals surface area contributed by atoms with Crippen LogP contribution in [-0.4, -0.2) is 44.8 Å². The average Bonchev–Trinajstić information content (AvgIpc) is 2.85. The minimum absolute atomic E-state index is 0.134. The Bertz CT molecular complexity index is 625. The molecule has 9 heteroatoms. The highest BCUT2D eigenvalue weighted by Crippen LogP contribution is 2.33. The highest BCUT2D eigenvalue weighted by Gasteiger charge is 2.34. The van der Waals surface area contributed by atoms with Crippen LogP contribution in [-0.2, 0) is 14.8 Å². The van der Waals surface area contributed by atoms with E-state index in [1.54, 1.807) is 13.0 Å². The number of hydrogen-bond acceptors (Lipinski definition) is 5. The van der Waals surface area contributed by atoms with Crippen molar-refractivity contribution in [3.05, 3.63) is 16.0 Å². The molecule has 1 fully saturated rings. The van der Waals surface area contributed by atoms with Gasteiger partial charge in [-0.2, -0.15) is 4.31 Å². The molecular weight excluding hydrogens is 346 g/mol. The SMILES string of the molecule is Cc1cc(S(=O)(=O)N2CCCC(C(=O)NCCN)C2)sc1Cl. The van der Waals surface area contributed by atoms with E-state index in [1.807, 2.05) is 0 Å². The molecule has 0 aromatic carbocycles. The number of nitrogens with zero attached hydrogens (tertiary/aromatic N) is 1. The Kier molecular flexibility index (Phi) is 5.84. The third-order valence-electron chi connectivity index (χ3n) is 3.63. The molecule has 2 rings (SSSR count). The Morgan fingerprint density at radius 3 is 2.91 bits per heavy atom. The summed E-state index contributed by atoms with van der Waals surface area (Å²) in [6, 6.07) is 1.58. The van der Waals surface area contributed by atoms with E-state index in [0.717, 1.165) is 16.9 Å². The largest absolute Gasteiger partial charge is 0.355 e. The number of nitrogens with two attached hydrogens (primary N) is 1. The summed E-state index contributed by atoms with van der Waals surface area (Å²) in [4.78, 5) is 12.0. The van der Waals surface area contributed by atoms with Crippen molar-refractivity contribution in [2.45, 2.75) is 24.0 Å². The van der Waals surface area contributed by atoms with Gasteiger partial charge in [0.05, 0.1) is 10.3 Å². The van der Waals surface area contributed by atoms with Crippen LogP contribution in [0.5, 0.6) is 0 Å². The van der Waals surface area contributed by atoms with Crippen LogP contribution in [0.1, 0.15) is 18.4 Å². The minimum Gasteiger partial charge on any atom is -0.355 e. The second-order valence-corrected chi connectivity index (χ2v) is 9.12. The molecule has 1 atom stereocenters. The molecule has 1 saturated heterocycles. The summed E-state index contributed by atoms with van der Waals surface area (Å²) >= 11 is 7.03. The Hall–Kier alpha value is -0.670. The fraction of sp³-hybridized carbons (Fsp3) is 0.615. The molecule has 0 saturated carbocycles. The zero-order valence-electron chi connectivity index (χ0n) is 12.3. The molecule has 124 valence electrons. The minimum atomic E-state index is -3.59. The monoisotopic (exact) mass is 365 g/mol. The van der Waals surface area contributed by atoms with Crippen LogP contribution in [0.15, 0.2) is 10.3 Å². The lowest BCUT2D eigenvalue weighted by Crippen LogP contribution is -2.45. The third-order valence-corrected chi connectivity index (χ3v) is 7.50. The van der Waals surface area contributed by atoms with Gasteiger partial charge in [-0.05, 0) is 31.4 Å². The van der Waals surface area contributed by atoms with Gasteiger partial charge in [0, 0.05) is 26.2 Å². The fourth-order valence-corrected chi connectivity index (χ4v) is 5.79. The zero-order valence-corrected chi connectivity index (χ0v) is 14.7. The molecular formula is C13H20ClN3O3S2. The number of nitrogens with one attached hydrogen (secondary N) is 1. The van der Waals surface area contributed by atoms with Gasteiger partial charge < -0.3 is 11.1 Å². The van der Waals surface area contributed by atoms with Crippen LogP contribution in [0.4, 0.5) is 0 Å². The van der Waals surface area contributed by atoms with Gasteiger partial charge in [-0.25, -0.2) is 8.42 Å². The van der Waals surface area contributed by atoms with E-state index in [9.17, 15) is 13.2 Å². The molecule has 1 aliphatic rings. The molecule has 22 heavy (non-hydrogen) atoms. The van der Waals surface area contributed by atoms with Gasteiger partial charge in [0.25, 0.3) is 10.0 Å². The lowest BCUT2D eigenvalue weighted by molar-refractivity contribution is -0.126. The standard InChI is InChI=1S/C13H20ClN3O3S2/c1-9-7-11(21-12(9)14)22(19,20)17-6-2-3-10(8-17)13(18)16-5-4-15/h7,10H,2-6,8,15H2,1H3,(H,16,18). The van der Waals surface area contributed by atoms with E-state index in [-0.39, 0.29) is 22.6 Å². The summed E-state index contributed by atoms with van der Waals surface area (Å²) in [6.45, 7) is 3.18. The van der Waals surface area contributed by atoms with E-state index >= 15 is 0 Å². The lowest BCUT2D eigenvalue weighted by atomic mass is 9.99. The highest BCUT2D eigenvalue weighted by atomic mass is 35.5. The molecule has 0 radical (unpaired) electrons. The maximum Gasteiger partial charge on any atom is 0.252 e. The number of carbonyl (C=O) groups is 1. The number of aryl methyl sites for hydroxylation is 1. The quantitative estimate of drug-likeness (QED) is 0.819. The van der Waals surface area contributed by atoms with Crippen LogP contribution in [0.3, 0.4) is 0 Å². The van der Waals surface area contributed by atoms with E-state index in [1.165, 1.54) is 4.31 Å². The van der Waals surface area contributed by atoms with Crippen molar-refractivity contribution in [2.24, 2.45) is 11.7 Å². The number of sulfonamides is 1. The Morgan fingerprint density at radius 2 is 2.32 bits per heavy atom. The smallest absolute Gasteiger partial charge is 0.252 e. The summed E-state index contributed by atoms with van der Waals surface area (Å²) in [5.74, 6) is -0.461. The van der Waals surface area contributed by atoms with Crippen molar-refractivity contribution >= 4 is 38.9 Å². The fourth-order valence-electron chi connectivity index (χ4n) is 2.40. The van der Waals surface area contributed by atoms with E-state index < -0.39 is 10.0 Å². The van der Waals surface area contributed by atoms with Crippen LogP contribution < -0.4 is 11.1 Å². The lowest BCUT2D eigenvalue weighted by Gasteiger charge is -2.30. The van der Waals surface area contributed by atoms with Gasteiger partial charge in [-0.1, -0.05) is 11.6 Å². The topological polar surface area (TPSA) is 92.5 Å². The summed E-state index contributed by atoms with van der Waals surface area (Å²) in [7, 11) is -3.59. The summed E-state index contributed by atoms with van der Waals surface area (Å²) in [6.07, 6.45) is 1.35. The van der Waals surface area contributed by atoms with Crippen molar-refractivity contribution in [3.63, 3.8) is 0 Å². The number of hydrogen-bond donors (Lipinski definition) is 2. The van der Waals surface area contributed by atoms with Crippen LogP contribution in [0.25, 0.3) is 0 Å². The van der Waals surface area contributed by atoms with Gasteiger partial charge in [0.2, 0.25) is 5.91 Å². The molecule has 6 nitrogen and oxygen atoms in total. The van der Waals surface area contributed by atoms with Crippen molar-refractivity contribution in [1.29, 1.82) is 0 Å². The molecule has 0 spiro atoms. The zero-order chi connectivity index (χ0) is 16.3. The Balaban J connectivity index is 2.12. The number of piperidine rings is 1. The number of thiophene rings is 1. The van der Waals surface area contributed by atoms with Gasteiger partial charge in [0.15, 0.2) is 0 Å². The van der Waals surface area contributed by atoms with Gasteiger partial charge in [-0.3, -0.25) is 4.79 Å². The van der Waals surface area contributed by atoms with Crippen molar-refractivity contribution in [2.75, 3.05) is 26.2 Å². The number of halogens is 1. The van der Waals surface area contributed by atoms with E-state index in [2.05, 4.69) is 5.32 Å². The molecule has 1 unspecified atom stereocenters. The van der Waals surface area contributed by atoms with Crippen LogP contribution >= 0.6 is 22.9 Å². The summed E-state index contributed by atoms with van der Waals surface area (Å²) < 4.78 is 27.4. The maximum absolute atomic E-state index is 12.7. The van der Waals surface area contributed by atoms with Crippen LogP contribution in [0, 0.1) is 12.8 Å². The molecule has 0 aliphatic carbocycles. The third kappa shape index (κ3) is 3.80. The van der Waals surface area contributed by atoms with Crippen LogP contribution in [0.2, 0.25) is 4.34 Å². The first kappa shape index (κ1) is 17.7. The first-order valence-corrected chi connectivity index (χ1v) is 9.73. The van der Waals surface area contributed by atoms with Crippen molar-refractivity contribution in [3.8, 4) is 0 Å². The summed E-state index contributed by atoms with van der Waals surface area (Å²) in [5, 5.41) is 2.72. The molecule has 0 bridgehead atoms. The second-order valence-electron chi connectivity index (χ2n) is 5.30. The summed E-state index contributed by atoms with van der Waals surface area (Å²) in [5.41, 5.74) is 6.11. The predicted octanol–water partition coefficient (Wildman–Crippen LogP) is 1.19. The molecule has 2 heterocycles. The van der Waals surface area contributed by atoms with Crippen molar-refractivity contribution in [1.82, 2.24) is 9.62 Å². The molecule has 1 aromatic heterocycles. The Labute approximate surface area is 139 Å². The highest BCUT2D eigenvalue weighted by molar-refractivity contribution is 7.91. The first-order chi connectivity index (χ1) is 10.4. The molecule has 1 amide bonds. The van der Waals surface area contributed by atoms with Gasteiger partial charge in [-0.15, -0.1) is 11.3 Å². The number of amides is 1. The molecule has 1 aliphatic heterocycles. The van der Waals surface area contributed by atoms with E-state index in [4.69, 9.17) is 17.3 Å². The van der Waals surface area contributed by atoms with Crippen molar-refractivity contribution < 1.29 is 13.2 Å². The van der Waals surface area contributed by atoms with E-state index in [0.29, 0.717) is 36.8 Å². The first-order valence-electron chi connectivity index (χ1n) is 7.10. The normalized spacial score (nSPS) is 20.0. The maximum atomic E-state index is 12.7. The number of rotatable bonds is 5. The molecule has 1 aromatic rings. The molecule has 3 N–H and O–H groups in total. The average molecular weight is 366 g/mol. The van der Waals surface area contributed by atoms with Gasteiger partial charge in [0.1, 0.15) is 4.21 Å². The second kappa shape index (κ2) is 7.27. The Morgan fingerprint density at radius 1 is 1.59 bits per heavy atom.